The molecule has 4 nitrogen and oxygen atoms in total. The fourth-order valence-electron chi connectivity index (χ4n) is 1.22. The summed E-state index contributed by atoms with van der Waals surface area (Å²) in [6.07, 6.45) is 16.3. The third kappa shape index (κ3) is 21.1. The van der Waals surface area contributed by atoms with Crippen molar-refractivity contribution in [3.05, 3.63) is 49.9 Å². The van der Waals surface area contributed by atoms with Gasteiger partial charge in [-0.1, -0.05) is 13.5 Å². The minimum Gasteiger partial charge on any atom is -0.502 e. The topological polar surface area (TPSA) is 36.9 Å². The van der Waals surface area contributed by atoms with E-state index in [0.29, 0.717) is 13.2 Å². The van der Waals surface area contributed by atoms with E-state index in [1.165, 1.54) is 6.26 Å². The van der Waals surface area contributed by atoms with Gasteiger partial charge in [-0.3, -0.25) is 0 Å². The van der Waals surface area contributed by atoms with Crippen LogP contribution in [0.4, 0.5) is 0 Å². The van der Waals surface area contributed by atoms with Crippen LogP contribution in [0.1, 0.15) is 32.6 Å². The van der Waals surface area contributed by atoms with Crippen LogP contribution >= 0.6 is 0 Å². The Balaban J connectivity index is 0. The molecule has 0 saturated carbocycles. The van der Waals surface area contributed by atoms with E-state index in [1.807, 2.05) is 18.2 Å². The van der Waals surface area contributed by atoms with Gasteiger partial charge in [0.2, 0.25) is 0 Å². The van der Waals surface area contributed by atoms with Gasteiger partial charge in [-0.25, -0.2) is 0 Å². The number of ether oxygens (including phenoxy) is 4. The van der Waals surface area contributed by atoms with Crippen LogP contribution in [0.3, 0.4) is 0 Å². The fraction of sp³-hybridized carbons (Fsp3) is 0.529. The molecule has 1 aliphatic rings. The van der Waals surface area contributed by atoms with Crippen molar-refractivity contribution in [1.29, 1.82) is 0 Å². The van der Waals surface area contributed by atoms with Gasteiger partial charge in [0.25, 0.3) is 0 Å². The van der Waals surface area contributed by atoms with Crippen LogP contribution in [0.25, 0.3) is 0 Å². The van der Waals surface area contributed by atoms with Crippen LogP contribution in [0, 0.1) is 0 Å². The Bertz CT molecular complexity index is 295. The minimum atomic E-state index is 0. The SMILES string of the molecule is C1=COCC1.C=COCC/C=C/OCC/C=C/OCCC.[Ru]. The molecule has 0 aromatic heterocycles. The van der Waals surface area contributed by atoms with Crippen LogP contribution in [-0.4, -0.2) is 26.4 Å². The molecule has 128 valence electrons. The molecule has 0 radical (unpaired) electrons. The van der Waals surface area contributed by atoms with Crippen molar-refractivity contribution >= 4 is 0 Å². The summed E-state index contributed by atoms with van der Waals surface area (Å²) in [5.74, 6) is 0. The van der Waals surface area contributed by atoms with Crippen LogP contribution in [0.15, 0.2) is 49.9 Å². The van der Waals surface area contributed by atoms with Crippen LogP contribution < -0.4 is 0 Å². The van der Waals surface area contributed by atoms with Crippen molar-refractivity contribution in [2.75, 3.05) is 26.4 Å². The molecule has 1 aliphatic heterocycles. The Morgan fingerprint density at radius 3 is 2.14 bits per heavy atom. The van der Waals surface area contributed by atoms with Gasteiger partial charge in [0.15, 0.2) is 0 Å². The van der Waals surface area contributed by atoms with E-state index < -0.39 is 0 Å². The molecular weight excluding hydrogens is 369 g/mol. The van der Waals surface area contributed by atoms with E-state index in [4.69, 9.17) is 18.9 Å². The van der Waals surface area contributed by atoms with Gasteiger partial charge in [-0.15, -0.1) is 0 Å². The van der Waals surface area contributed by atoms with Crippen molar-refractivity contribution in [3.8, 4) is 0 Å². The van der Waals surface area contributed by atoms with Gasteiger partial charge < -0.3 is 18.9 Å². The summed E-state index contributed by atoms with van der Waals surface area (Å²) in [6, 6.07) is 0. The summed E-state index contributed by atoms with van der Waals surface area (Å²) < 4.78 is 20.1. The summed E-state index contributed by atoms with van der Waals surface area (Å²) >= 11 is 0. The van der Waals surface area contributed by atoms with E-state index in [0.717, 1.165) is 38.9 Å². The molecule has 0 aliphatic carbocycles. The number of rotatable bonds is 11. The second kappa shape index (κ2) is 22.1. The van der Waals surface area contributed by atoms with E-state index in [2.05, 4.69) is 13.5 Å². The molecule has 0 N–H and O–H groups in total. The molecule has 0 bridgehead atoms. The first-order valence-electron chi connectivity index (χ1n) is 7.44. The van der Waals surface area contributed by atoms with Crippen molar-refractivity contribution in [2.24, 2.45) is 0 Å². The van der Waals surface area contributed by atoms with Gasteiger partial charge in [-0.05, 0) is 24.6 Å². The summed E-state index contributed by atoms with van der Waals surface area (Å²) in [5.41, 5.74) is 0. The van der Waals surface area contributed by atoms with E-state index in [-0.39, 0.29) is 19.5 Å². The minimum absolute atomic E-state index is 0. The molecular formula is C17H28O4Ru. The first-order valence-corrected chi connectivity index (χ1v) is 7.44. The van der Waals surface area contributed by atoms with Gasteiger partial charge >= 0.3 is 0 Å². The number of hydrogen-bond donors (Lipinski definition) is 0. The molecule has 0 unspecified atom stereocenters. The second-order valence-electron chi connectivity index (χ2n) is 4.13. The predicted octanol–water partition coefficient (Wildman–Crippen LogP) is 4.32. The Morgan fingerprint density at radius 1 is 1.05 bits per heavy atom. The van der Waals surface area contributed by atoms with Crippen molar-refractivity contribution in [3.63, 3.8) is 0 Å². The monoisotopic (exact) mass is 398 g/mol. The third-order valence-electron chi connectivity index (χ3n) is 2.22. The van der Waals surface area contributed by atoms with Crippen LogP contribution in [0.2, 0.25) is 0 Å². The largest absolute Gasteiger partial charge is 0.502 e. The van der Waals surface area contributed by atoms with Gasteiger partial charge in [0.1, 0.15) is 0 Å². The molecule has 0 atom stereocenters. The molecule has 0 aromatic rings. The molecule has 0 fully saturated rings. The quantitative estimate of drug-likeness (QED) is 0.296. The first kappa shape index (κ1) is 23.1. The molecule has 1 heterocycles. The Labute approximate surface area is 147 Å². The summed E-state index contributed by atoms with van der Waals surface area (Å²) in [5, 5.41) is 0. The Morgan fingerprint density at radius 2 is 1.68 bits per heavy atom. The normalized spacial score (nSPS) is 12.2. The van der Waals surface area contributed by atoms with E-state index in [9.17, 15) is 0 Å². The van der Waals surface area contributed by atoms with Crippen molar-refractivity contribution in [2.45, 2.75) is 32.6 Å². The van der Waals surface area contributed by atoms with Gasteiger partial charge in [-0.2, -0.15) is 0 Å². The standard InChI is InChI=1S/C13H22O3.C4H6O.Ru/c1-3-9-15-11-7-8-13-16-12-6-5-10-14-4-2;1-2-4-5-3-1;/h4,6-7,11-12H,2-3,5,8-10,13H2,1H3;1,3H,2,4H2;/b11-7+,12-6+;;. The van der Waals surface area contributed by atoms with Gasteiger partial charge in [0.05, 0.1) is 51.5 Å². The summed E-state index contributed by atoms with van der Waals surface area (Å²) in [6.45, 7) is 8.52. The van der Waals surface area contributed by atoms with Crippen molar-refractivity contribution < 1.29 is 38.4 Å². The first-order chi connectivity index (χ1) is 10.4. The maximum atomic E-state index is 5.25. The molecule has 0 amide bonds. The smallest absolute Gasteiger partial charge is 0.0908 e. The third-order valence-corrected chi connectivity index (χ3v) is 2.22. The van der Waals surface area contributed by atoms with Crippen molar-refractivity contribution in [1.82, 2.24) is 0 Å². The maximum Gasteiger partial charge on any atom is 0.0908 e. The number of hydrogen-bond acceptors (Lipinski definition) is 4. The predicted molar refractivity (Wildman–Crippen MR) is 85.6 cm³/mol. The fourth-order valence-corrected chi connectivity index (χ4v) is 1.22. The maximum absolute atomic E-state index is 5.25. The van der Waals surface area contributed by atoms with Crippen LogP contribution in [-0.2, 0) is 38.4 Å². The molecule has 5 heteroatoms. The zero-order chi connectivity index (χ0) is 15.4. The molecule has 0 aromatic carbocycles. The second-order valence-corrected chi connectivity index (χ2v) is 4.13. The summed E-state index contributed by atoms with van der Waals surface area (Å²) in [7, 11) is 0. The summed E-state index contributed by atoms with van der Waals surface area (Å²) in [4.78, 5) is 0. The van der Waals surface area contributed by atoms with Gasteiger partial charge in [0, 0.05) is 38.7 Å². The average Bonchev–Trinajstić information content (AvgIpc) is 3.08. The molecule has 22 heavy (non-hydrogen) atoms. The van der Waals surface area contributed by atoms with E-state index >= 15 is 0 Å². The molecule has 1 rings (SSSR count). The van der Waals surface area contributed by atoms with Crippen LogP contribution in [0.5, 0.6) is 0 Å². The molecule has 0 saturated heterocycles. The zero-order valence-corrected chi connectivity index (χ0v) is 15.1. The zero-order valence-electron chi connectivity index (χ0n) is 13.4. The average molecular weight is 397 g/mol. The Kier molecular flexibility index (Phi) is 23.1. The molecule has 0 spiro atoms. The van der Waals surface area contributed by atoms with E-state index in [1.54, 1.807) is 18.8 Å². The Hall–Kier alpha value is -1.22.